The van der Waals surface area contributed by atoms with E-state index in [0.717, 1.165) is 11.4 Å². The number of hydrogen-bond donors (Lipinski definition) is 0. The van der Waals surface area contributed by atoms with Gasteiger partial charge in [0.15, 0.2) is 0 Å². The van der Waals surface area contributed by atoms with E-state index in [4.69, 9.17) is 0 Å². The molecule has 1 nitrogen and oxygen atoms in total. The molecule has 2 heteroatoms. The van der Waals surface area contributed by atoms with Crippen molar-refractivity contribution in [3.63, 3.8) is 0 Å². The van der Waals surface area contributed by atoms with Crippen LogP contribution in [-0.4, -0.2) is 0 Å². The third-order valence-electron chi connectivity index (χ3n) is 1.77. The van der Waals surface area contributed by atoms with Crippen molar-refractivity contribution in [3.8, 4) is 0 Å². The van der Waals surface area contributed by atoms with Gasteiger partial charge in [0.25, 0.3) is 0 Å². The summed E-state index contributed by atoms with van der Waals surface area (Å²) in [6, 6.07) is 19.9. The molecule has 0 spiro atoms. The van der Waals surface area contributed by atoms with E-state index in [1.165, 1.54) is 0 Å². The average Bonchev–Trinajstić information content (AvgIpc) is 2.21. The number of para-hydroxylation sites is 2. The van der Waals surface area contributed by atoms with E-state index in [-0.39, 0.29) is 21.1 Å². The van der Waals surface area contributed by atoms with Crippen LogP contribution in [0.3, 0.4) is 0 Å². The molecule has 0 fully saturated rings. The van der Waals surface area contributed by atoms with Crippen LogP contribution in [0.15, 0.2) is 60.7 Å². The largest absolute Gasteiger partial charge is 0.658 e. The topological polar surface area (TPSA) is 14.1 Å². The first-order valence-electron chi connectivity index (χ1n) is 4.27. The van der Waals surface area contributed by atoms with Crippen LogP contribution in [0.25, 0.3) is 5.32 Å². The van der Waals surface area contributed by atoms with Crippen LogP contribution < -0.4 is 0 Å². The van der Waals surface area contributed by atoms with Crippen LogP contribution in [-0.2, 0) is 21.1 Å². The van der Waals surface area contributed by atoms with E-state index in [1.807, 2.05) is 60.7 Å². The fraction of sp³-hybridized carbons (Fsp3) is 0. The summed E-state index contributed by atoms with van der Waals surface area (Å²) >= 11 is 0. The molecule has 0 amide bonds. The summed E-state index contributed by atoms with van der Waals surface area (Å²) < 4.78 is 0. The summed E-state index contributed by atoms with van der Waals surface area (Å²) in [5.41, 5.74) is 1.99. The van der Waals surface area contributed by atoms with E-state index >= 15 is 0 Å². The van der Waals surface area contributed by atoms with Crippen LogP contribution in [0, 0.1) is 0 Å². The Labute approximate surface area is 98.4 Å². The third-order valence-corrected chi connectivity index (χ3v) is 1.77. The molecule has 2 aromatic rings. The summed E-state index contributed by atoms with van der Waals surface area (Å²) in [6.07, 6.45) is 0. The van der Waals surface area contributed by atoms with Crippen molar-refractivity contribution in [3.05, 3.63) is 66.0 Å². The summed E-state index contributed by atoms with van der Waals surface area (Å²) in [4.78, 5) is 0. The normalized spacial score (nSPS) is 8.86. The van der Waals surface area contributed by atoms with E-state index in [0.29, 0.717) is 0 Å². The van der Waals surface area contributed by atoms with Gasteiger partial charge in [-0.2, -0.15) is 0 Å². The molecule has 0 saturated heterocycles. The van der Waals surface area contributed by atoms with Crippen molar-refractivity contribution in [2.45, 2.75) is 0 Å². The van der Waals surface area contributed by atoms with E-state index in [9.17, 15) is 0 Å². The van der Waals surface area contributed by atoms with Gasteiger partial charge >= 0.3 is 0 Å². The zero-order valence-electron chi connectivity index (χ0n) is 7.63. The molecule has 0 aromatic heterocycles. The fourth-order valence-electron chi connectivity index (χ4n) is 1.15. The third kappa shape index (κ3) is 3.01. The minimum Gasteiger partial charge on any atom is -0.658 e. The minimum atomic E-state index is 0. The Hall–Kier alpha value is -1.07. The van der Waals surface area contributed by atoms with E-state index in [2.05, 4.69) is 5.32 Å². The maximum absolute atomic E-state index is 4.44. The predicted octanol–water partition coefficient (Wildman–Crippen LogP) is 4.02. The zero-order chi connectivity index (χ0) is 8.93. The Morgan fingerprint density at radius 3 is 1.29 bits per heavy atom. The van der Waals surface area contributed by atoms with E-state index in [1.54, 1.807) is 0 Å². The van der Waals surface area contributed by atoms with Gasteiger partial charge in [0.1, 0.15) is 0 Å². The second-order valence-corrected chi connectivity index (χ2v) is 2.78. The Kier molecular flexibility index (Phi) is 4.41. The van der Waals surface area contributed by atoms with Gasteiger partial charge in [0.05, 0.1) is 0 Å². The zero-order valence-corrected chi connectivity index (χ0v) is 9.64. The summed E-state index contributed by atoms with van der Waals surface area (Å²) in [5.74, 6) is 0. The second kappa shape index (κ2) is 5.61. The van der Waals surface area contributed by atoms with Crippen LogP contribution >= 0.6 is 0 Å². The van der Waals surface area contributed by atoms with Crippen LogP contribution in [0.1, 0.15) is 0 Å². The molecule has 0 aliphatic carbocycles. The summed E-state index contributed by atoms with van der Waals surface area (Å²) in [7, 11) is 0. The molecule has 0 bridgehead atoms. The Morgan fingerprint density at radius 1 is 0.571 bits per heavy atom. The number of nitrogens with zero attached hydrogens (tertiary/aromatic N) is 1. The van der Waals surface area contributed by atoms with Crippen molar-refractivity contribution < 1.29 is 21.1 Å². The SMILES string of the molecule is [Mo].c1ccc([N-]c2ccccc2)cc1. The second-order valence-electron chi connectivity index (χ2n) is 2.78. The van der Waals surface area contributed by atoms with Crippen molar-refractivity contribution >= 4 is 11.4 Å². The molecule has 0 N–H and O–H groups in total. The molecule has 70 valence electrons. The van der Waals surface area contributed by atoms with Crippen LogP contribution in [0.5, 0.6) is 0 Å². The fourth-order valence-corrected chi connectivity index (χ4v) is 1.15. The molecule has 0 heterocycles. The van der Waals surface area contributed by atoms with Gasteiger partial charge < -0.3 is 5.32 Å². The number of hydrogen-bond acceptors (Lipinski definition) is 0. The first-order chi connectivity index (χ1) is 6.45. The van der Waals surface area contributed by atoms with Crippen molar-refractivity contribution in [2.75, 3.05) is 0 Å². The summed E-state index contributed by atoms with van der Waals surface area (Å²) in [5, 5.41) is 4.44. The molecule has 0 saturated carbocycles. The molecule has 2 rings (SSSR count). The van der Waals surface area contributed by atoms with Crippen molar-refractivity contribution in [1.29, 1.82) is 0 Å². The molecule has 0 radical (unpaired) electrons. The van der Waals surface area contributed by atoms with Crippen LogP contribution in [0.2, 0.25) is 0 Å². The molecule has 0 aliphatic rings. The van der Waals surface area contributed by atoms with Crippen molar-refractivity contribution in [2.24, 2.45) is 0 Å². The molecule has 0 aliphatic heterocycles. The first kappa shape index (κ1) is 11.0. The maximum Gasteiger partial charge on any atom is 0 e. The standard InChI is InChI=1S/C12H10N.Mo/c1-3-7-11(8-4-1)13-12-9-5-2-6-10-12;/h1-10H;/q-1;. The minimum absolute atomic E-state index is 0. The molecular formula is C12H10MoN-. The van der Waals surface area contributed by atoms with Crippen molar-refractivity contribution in [1.82, 2.24) is 0 Å². The monoisotopic (exact) mass is 266 g/mol. The van der Waals surface area contributed by atoms with Gasteiger partial charge in [0, 0.05) is 21.1 Å². The quantitative estimate of drug-likeness (QED) is 0.727. The van der Waals surface area contributed by atoms with Gasteiger partial charge in [-0.25, -0.2) is 0 Å². The number of benzene rings is 2. The molecule has 0 unspecified atom stereocenters. The summed E-state index contributed by atoms with van der Waals surface area (Å²) in [6.45, 7) is 0. The molecular weight excluding hydrogens is 254 g/mol. The molecule has 0 atom stereocenters. The maximum atomic E-state index is 4.44. The Bertz CT molecular complexity index is 321. The van der Waals surface area contributed by atoms with Gasteiger partial charge in [-0.3, -0.25) is 0 Å². The number of rotatable bonds is 2. The van der Waals surface area contributed by atoms with Gasteiger partial charge in [0.2, 0.25) is 0 Å². The predicted molar refractivity (Wildman–Crippen MR) is 55.6 cm³/mol. The molecule has 14 heavy (non-hydrogen) atoms. The molecule has 2 aromatic carbocycles. The van der Waals surface area contributed by atoms with Gasteiger partial charge in [-0.05, 0) is 0 Å². The smallest absolute Gasteiger partial charge is 0 e. The Balaban J connectivity index is 0.000000980. The van der Waals surface area contributed by atoms with Crippen LogP contribution in [0.4, 0.5) is 11.4 Å². The van der Waals surface area contributed by atoms with E-state index < -0.39 is 0 Å². The Morgan fingerprint density at radius 2 is 0.929 bits per heavy atom. The average molecular weight is 264 g/mol. The van der Waals surface area contributed by atoms with Gasteiger partial charge in [-0.1, -0.05) is 60.7 Å². The van der Waals surface area contributed by atoms with Gasteiger partial charge in [-0.15, -0.1) is 11.4 Å². The first-order valence-corrected chi connectivity index (χ1v) is 4.27.